The van der Waals surface area contributed by atoms with E-state index in [1.807, 2.05) is 54.5 Å². The lowest BCUT2D eigenvalue weighted by Gasteiger charge is -2.28. The number of hydrogen-bond acceptors (Lipinski definition) is 5. The molecule has 0 atom stereocenters. The fourth-order valence-electron chi connectivity index (χ4n) is 3.43. The minimum absolute atomic E-state index is 0.0306. The summed E-state index contributed by atoms with van der Waals surface area (Å²) in [5.41, 5.74) is 0.979. The molecule has 1 fully saturated rings. The van der Waals surface area contributed by atoms with Crippen LogP contribution in [0.3, 0.4) is 0 Å². The number of rotatable bonds is 8. The summed E-state index contributed by atoms with van der Waals surface area (Å²) in [6.45, 7) is 5.12. The molecule has 0 saturated heterocycles. The zero-order valence-electron chi connectivity index (χ0n) is 16.8. The van der Waals surface area contributed by atoms with Crippen LogP contribution in [-0.2, 0) is 22.7 Å². The first-order valence-corrected chi connectivity index (χ1v) is 10.9. The number of benzene rings is 1. The first-order valence-electron chi connectivity index (χ1n) is 10.0. The highest BCUT2D eigenvalue weighted by molar-refractivity contribution is 7.09. The van der Waals surface area contributed by atoms with Gasteiger partial charge in [-0.1, -0.05) is 26.0 Å². The fraction of sp³-hybridized carbons (Fsp3) is 0.455. The summed E-state index contributed by atoms with van der Waals surface area (Å²) >= 11 is 1.63. The number of fused-ring (bicyclic) bond motifs is 1. The zero-order valence-corrected chi connectivity index (χ0v) is 17.6. The summed E-state index contributed by atoms with van der Waals surface area (Å²) in [6, 6.07) is 9.99. The molecule has 1 aromatic heterocycles. The van der Waals surface area contributed by atoms with Crippen LogP contribution in [0.15, 0.2) is 35.7 Å². The molecule has 0 N–H and O–H groups in total. The number of ether oxygens (including phenoxy) is 2. The van der Waals surface area contributed by atoms with E-state index in [0.29, 0.717) is 18.8 Å². The van der Waals surface area contributed by atoms with Gasteiger partial charge in [-0.3, -0.25) is 9.59 Å². The van der Waals surface area contributed by atoms with Gasteiger partial charge in [0, 0.05) is 23.4 Å². The van der Waals surface area contributed by atoms with Crippen molar-refractivity contribution in [3.8, 4) is 11.5 Å². The number of hydrogen-bond donors (Lipinski definition) is 0. The fourth-order valence-corrected chi connectivity index (χ4v) is 4.15. The molecular weight excluding hydrogens is 388 g/mol. The van der Waals surface area contributed by atoms with Gasteiger partial charge in [-0.2, -0.15) is 0 Å². The van der Waals surface area contributed by atoms with E-state index >= 15 is 0 Å². The van der Waals surface area contributed by atoms with Crippen LogP contribution in [-0.4, -0.2) is 41.0 Å². The lowest BCUT2D eigenvalue weighted by Crippen LogP contribution is -2.44. The molecule has 4 rings (SSSR count). The van der Waals surface area contributed by atoms with E-state index in [1.54, 1.807) is 16.2 Å². The molecule has 2 aromatic rings. The van der Waals surface area contributed by atoms with Gasteiger partial charge in [0.25, 0.3) is 0 Å². The number of carbonyl (C=O) groups is 2. The molecule has 1 aliphatic heterocycles. The average Bonchev–Trinajstić information content (AvgIpc) is 3.21. The van der Waals surface area contributed by atoms with E-state index in [2.05, 4.69) is 0 Å². The first-order chi connectivity index (χ1) is 14.0. The number of thiophene rings is 1. The summed E-state index contributed by atoms with van der Waals surface area (Å²) in [5, 5.41) is 2.01. The smallest absolute Gasteiger partial charge is 0.242 e. The van der Waals surface area contributed by atoms with Crippen molar-refractivity contribution >= 4 is 23.2 Å². The van der Waals surface area contributed by atoms with Crippen molar-refractivity contribution in [2.45, 2.75) is 45.8 Å². The Morgan fingerprint density at radius 3 is 2.62 bits per heavy atom. The Balaban J connectivity index is 1.51. The summed E-state index contributed by atoms with van der Waals surface area (Å²) in [6.07, 6.45) is 1.97. The van der Waals surface area contributed by atoms with Gasteiger partial charge in [-0.15, -0.1) is 11.3 Å². The lowest BCUT2D eigenvalue weighted by molar-refractivity contribution is -0.143. The van der Waals surface area contributed by atoms with Crippen molar-refractivity contribution in [2.24, 2.45) is 5.92 Å². The molecule has 2 heterocycles. The molecule has 6 nitrogen and oxygen atoms in total. The molecule has 1 aliphatic carbocycles. The van der Waals surface area contributed by atoms with Gasteiger partial charge in [-0.05, 0) is 42.0 Å². The van der Waals surface area contributed by atoms with Gasteiger partial charge in [-0.25, -0.2) is 0 Å². The second-order valence-corrected chi connectivity index (χ2v) is 8.90. The van der Waals surface area contributed by atoms with Crippen molar-refractivity contribution in [2.75, 3.05) is 13.3 Å². The molecule has 2 amide bonds. The van der Waals surface area contributed by atoms with Gasteiger partial charge >= 0.3 is 0 Å². The summed E-state index contributed by atoms with van der Waals surface area (Å²) in [5.74, 6) is 1.35. The monoisotopic (exact) mass is 414 g/mol. The Morgan fingerprint density at radius 2 is 1.93 bits per heavy atom. The molecule has 2 aliphatic rings. The molecule has 0 spiro atoms. The summed E-state index contributed by atoms with van der Waals surface area (Å²) in [4.78, 5) is 30.6. The van der Waals surface area contributed by atoms with Gasteiger partial charge < -0.3 is 19.3 Å². The van der Waals surface area contributed by atoms with Crippen LogP contribution < -0.4 is 9.47 Å². The van der Waals surface area contributed by atoms with Crippen LogP contribution in [0.5, 0.6) is 11.5 Å². The Kier molecular flexibility index (Phi) is 5.76. The minimum atomic E-state index is -0.108. The molecule has 0 unspecified atom stereocenters. The van der Waals surface area contributed by atoms with Gasteiger partial charge in [0.05, 0.1) is 6.54 Å². The summed E-state index contributed by atoms with van der Waals surface area (Å²) in [7, 11) is 0. The minimum Gasteiger partial charge on any atom is -0.454 e. The third-order valence-electron chi connectivity index (χ3n) is 5.16. The Bertz CT molecular complexity index is 877. The van der Waals surface area contributed by atoms with E-state index < -0.39 is 0 Å². The van der Waals surface area contributed by atoms with E-state index in [-0.39, 0.29) is 37.1 Å². The molecule has 1 aromatic carbocycles. The summed E-state index contributed by atoms with van der Waals surface area (Å²) < 4.78 is 10.9. The number of amides is 2. The van der Waals surface area contributed by atoms with Crippen molar-refractivity contribution < 1.29 is 19.1 Å². The average molecular weight is 415 g/mol. The molecule has 0 radical (unpaired) electrons. The quantitative estimate of drug-likeness (QED) is 0.662. The van der Waals surface area contributed by atoms with Crippen LogP contribution >= 0.6 is 11.3 Å². The normalized spacial score (nSPS) is 14.9. The van der Waals surface area contributed by atoms with Crippen LogP contribution in [0, 0.1) is 5.92 Å². The van der Waals surface area contributed by atoms with Gasteiger partial charge in [0.15, 0.2) is 11.5 Å². The highest BCUT2D eigenvalue weighted by atomic mass is 32.1. The lowest BCUT2D eigenvalue weighted by atomic mass is 10.1. The zero-order chi connectivity index (χ0) is 20.4. The van der Waals surface area contributed by atoms with E-state index in [4.69, 9.17) is 9.47 Å². The SMILES string of the molecule is CC(C)C(=O)N(CC(=O)N(Cc1ccc2c(c1)OCO2)Cc1cccs1)C1CC1. The topological polar surface area (TPSA) is 59.1 Å². The molecule has 0 bridgehead atoms. The predicted octanol–water partition coefficient (Wildman–Crippen LogP) is 3.65. The molecular formula is C22H26N2O4S. The van der Waals surface area contributed by atoms with Crippen LogP contribution in [0.1, 0.15) is 37.1 Å². The van der Waals surface area contributed by atoms with Crippen molar-refractivity contribution in [3.63, 3.8) is 0 Å². The first kappa shape index (κ1) is 19.8. The maximum atomic E-state index is 13.3. The third kappa shape index (κ3) is 4.72. The highest BCUT2D eigenvalue weighted by Gasteiger charge is 2.35. The van der Waals surface area contributed by atoms with Crippen molar-refractivity contribution in [1.29, 1.82) is 0 Å². The van der Waals surface area contributed by atoms with Crippen LogP contribution in [0.2, 0.25) is 0 Å². The Labute approximate surface area is 175 Å². The molecule has 1 saturated carbocycles. The van der Waals surface area contributed by atoms with Crippen LogP contribution in [0.4, 0.5) is 0 Å². The Hall–Kier alpha value is -2.54. The second-order valence-electron chi connectivity index (χ2n) is 7.87. The molecule has 29 heavy (non-hydrogen) atoms. The Morgan fingerprint density at radius 1 is 1.14 bits per heavy atom. The number of nitrogens with zero attached hydrogens (tertiary/aromatic N) is 2. The van der Waals surface area contributed by atoms with Gasteiger partial charge in [0.2, 0.25) is 18.6 Å². The second kappa shape index (κ2) is 8.45. The predicted molar refractivity (Wildman–Crippen MR) is 111 cm³/mol. The third-order valence-corrected chi connectivity index (χ3v) is 6.02. The highest BCUT2D eigenvalue weighted by Crippen LogP contribution is 2.33. The molecule has 7 heteroatoms. The maximum absolute atomic E-state index is 13.3. The maximum Gasteiger partial charge on any atom is 0.242 e. The van der Waals surface area contributed by atoms with E-state index in [1.165, 1.54) is 0 Å². The number of carbonyl (C=O) groups excluding carboxylic acids is 2. The van der Waals surface area contributed by atoms with E-state index in [0.717, 1.165) is 29.0 Å². The van der Waals surface area contributed by atoms with Crippen molar-refractivity contribution in [1.82, 2.24) is 9.80 Å². The van der Waals surface area contributed by atoms with Crippen molar-refractivity contribution in [3.05, 3.63) is 46.2 Å². The van der Waals surface area contributed by atoms with Crippen LogP contribution in [0.25, 0.3) is 0 Å². The van der Waals surface area contributed by atoms with Gasteiger partial charge in [0.1, 0.15) is 6.54 Å². The van der Waals surface area contributed by atoms with E-state index in [9.17, 15) is 9.59 Å². The molecule has 154 valence electrons. The standard InChI is InChI=1S/C22H26N2O4S/c1-15(2)22(26)24(17-6-7-17)13-21(25)23(12-18-4-3-9-29-18)11-16-5-8-19-20(10-16)28-14-27-19/h3-5,8-10,15,17H,6-7,11-14H2,1-2H3. The largest absolute Gasteiger partial charge is 0.454 e.